The molecule has 1 unspecified atom stereocenters. The number of imidazole rings is 1. The van der Waals surface area contributed by atoms with E-state index in [1.807, 2.05) is 24.4 Å². The zero-order chi connectivity index (χ0) is 18.1. The summed E-state index contributed by atoms with van der Waals surface area (Å²) in [6, 6.07) is 10.3. The Morgan fingerprint density at radius 2 is 2.00 bits per heavy atom. The number of nitrogens with zero attached hydrogens (tertiary/aromatic N) is 2. The Morgan fingerprint density at radius 1 is 1.23 bits per heavy atom. The minimum atomic E-state index is -2.98. The van der Waals surface area contributed by atoms with E-state index in [4.69, 9.17) is 0 Å². The lowest BCUT2D eigenvalue weighted by Crippen LogP contribution is -2.36. The molecule has 138 valence electrons. The van der Waals surface area contributed by atoms with Crippen LogP contribution in [0.25, 0.3) is 11.3 Å². The lowest BCUT2D eigenvalue weighted by molar-refractivity contribution is -0.119. The Hall–Kier alpha value is -1.80. The number of benzene rings is 1. The predicted molar refractivity (Wildman–Crippen MR) is 102 cm³/mol. The fourth-order valence-electron chi connectivity index (χ4n) is 3.27. The van der Waals surface area contributed by atoms with Gasteiger partial charge in [-0.3, -0.25) is 4.79 Å². The second-order valence-corrected chi connectivity index (χ2v) is 10.0. The second kappa shape index (κ2) is 7.08. The number of carbonyl (C=O) groups excluding carboxylic acids is 1. The molecule has 1 aromatic heterocycles. The largest absolute Gasteiger partial charge is 0.352 e. The van der Waals surface area contributed by atoms with E-state index >= 15 is 0 Å². The molecule has 1 saturated heterocycles. The molecule has 1 saturated carbocycles. The molecule has 1 aliphatic carbocycles. The van der Waals surface area contributed by atoms with Gasteiger partial charge >= 0.3 is 0 Å². The Morgan fingerprint density at radius 3 is 2.65 bits per heavy atom. The van der Waals surface area contributed by atoms with Gasteiger partial charge < -0.3 is 9.88 Å². The van der Waals surface area contributed by atoms with Gasteiger partial charge in [-0.15, -0.1) is 0 Å². The quantitative estimate of drug-likeness (QED) is 0.764. The highest BCUT2D eigenvalue weighted by Gasteiger charge is 2.30. The van der Waals surface area contributed by atoms with Crippen molar-refractivity contribution in [3.8, 4) is 11.3 Å². The van der Waals surface area contributed by atoms with Crippen molar-refractivity contribution in [1.29, 1.82) is 0 Å². The van der Waals surface area contributed by atoms with Crippen LogP contribution in [0.1, 0.15) is 25.3 Å². The summed E-state index contributed by atoms with van der Waals surface area (Å²) in [6.07, 6.45) is 4.65. The Labute approximate surface area is 157 Å². The van der Waals surface area contributed by atoms with Crippen LogP contribution in [0, 0.1) is 0 Å². The summed E-state index contributed by atoms with van der Waals surface area (Å²) in [7, 11) is -2.98. The van der Waals surface area contributed by atoms with Crippen LogP contribution in [0.2, 0.25) is 0 Å². The predicted octanol–water partition coefficient (Wildman–Crippen LogP) is 2.28. The topological polar surface area (TPSA) is 81.1 Å². The van der Waals surface area contributed by atoms with Crippen molar-refractivity contribution in [3.05, 3.63) is 36.5 Å². The summed E-state index contributed by atoms with van der Waals surface area (Å²) in [6.45, 7) is 0. The average molecular weight is 392 g/mol. The molecule has 6 nitrogen and oxygen atoms in total. The van der Waals surface area contributed by atoms with Gasteiger partial charge in [-0.1, -0.05) is 42.1 Å². The second-order valence-electron chi connectivity index (χ2n) is 6.85. The van der Waals surface area contributed by atoms with Gasteiger partial charge in [0.15, 0.2) is 15.0 Å². The monoisotopic (exact) mass is 391 g/mol. The Bertz CT molecular complexity index is 905. The fourth-order valence-corrected chi connectivity index (χ4v) is 5.80. The van der Waals surface area contributed by atoms with E-state index in [0.29, 0.717) is 12.5 Å². The van der Waals surface area contributed by atoms with Gasteiger partial charge in [-0.05, 0) is 24.8 Å². The molecule has 1 aromatic carbocycles. The van der Waals surface area contributed by atoms with Crippen LogP contribution in [0.4, 0.5) is 0 Å². The molecule has 4 rings (SSSR count). The maximum absolute atomic E-state index is 12.2. The summed E-state index contributed by atoms with van der Waals surface area (Å²) in [5.74, 6) is 0.327. The molecule has 26 heavy (non-hydrogen) atoms. The van der Waals surface area contributed by atoms with Crippen LogP contribution >= 0.6 is 11.8 Å². The van der Waals surface area contributed by atoms with Gasteiger partial charge in [-0.25, -0.2) is 13.4 Å². The number of nitrogens with one attached hydrogen (secondary N) is 1. The maximum Gasteiger partial charge on any atom is 0.230 e. The van der Waals surface area contributed by atoms with Crippen LogP contribution < -0.4 is 5.32 Å². The summed E-state index contributed by atoms with van der Waals surface area (Å²) < 4.78 is 25.2. The molecule has 1 aliphatic heterocycles. The zero-order valence-corrected chi connectivity index (χ0v) is 15.9. The molecular formula is C18H21N3O3S2. The van der Waals surface area contributed by atoms with Gasteiger partial charge in [0, 0.05) is 12.1 Å². The first-order chi connectivity index (χ1) is 12.5. The summed E-state index contributed by atoms with van der Waals surface area (Å²) in [5.41, 5.74) is 2.21. The normalized spacial score (nSPS) is 21.6. The molecule has 1 amide bonds. The zero-order valence-electron chi connectivity index (χ0n) is 14.3. The van der Waals surface area contributed by atoms with Gasteiger partial charge in [0.05, 0.1) is 29.1 Å². The van der Waals surface area contributed by atoms with Crippen molar-refractivity contribution >= 4 is 27.5 Å². The van der Waals surface area contributed by atoms with Crippen LogP contribution in [0.3, 0.4) is 0 Å². The third-order valence-electron chi connectivity index (χ3n) is 4.67. The lowest BCUT2D eigenvalue weighted by Gasteiger charge is -2.12. The average Bonchev–Trinajstić information content (AvgIpc) is 3.28. The molecule has 2 aromatic rings. The molecule has 1 atom stereocenters. The lowest BCUT2D eigenvalue weighted by atomic mass is 10.2. The molecule has 2 aliphatic rings. The highest BCUT2D eigenvalue weighted by Crippen LogP contribution is 2.41. The van der Waals surface area contributed by atoms with E-state index in [1.54, 1.807) is 0 Å². The van der Waals surface area contributed by atoms with Crippen molar-refractivity contribution in [2.75, 3.05) is 17.3 Å². The molecule has 0 spiro atoms. The van der Waals surface area contributed by atoms with Gasteiger partial charge in [0.25, 0.3) is 0 Å². The van der Waals surface area contributed by atoms with Crippen molar-refractivity contribution in [2.24, 2.45) is 0 Å². The van der Waals surface area contributed by atoms with E-state index in [0.717, 1.165) is 29.3 Å². The number of hydrogen-bond acceptors (Lipinski definition) is 5. The molecule has 0 bridgehead atoms. The van der Waals surface area contributed by atoms with E-state index < -0.39 is 9.84 Å². The molecule has 1 N–H and O–H groups in total. The summed E-state index contributed by atoms with van der Waals surface area (Å²) >= 11 is 1.41. The highest BCUT2D eigenvalue weighted by atomic mass is 32.2. The first-order valence-corrected chi connectivity index (χ1v) is 11.6. The fraction of sp³-hybridized carbons (Fsp3) is 0.444. The highest BCUT2D eigenvalue weighted by molar-refractivity contribution is 7.99. The third-order valence-corrected chi connectivity index (χ3v) is 7.41. The number of carbonyl (C=O) groups is 1. The van der Waals surface area contributed by atoms with Crippen molar-refractivity contribution in [2.45, 2.75) is 36.5 Å². The van der Waals surface area contributed by atoms with Gasteiger partial charge in [0.2, 0.25) is 5.91 Å². The van der Waals surface area contributed by atoms with Crippen molar-refractivity contribution < 1.29 is 13.2 Å². The van der Waals surface area contributed by atoms with Gasteiger partial charge in [-0.2, -0.15) is 0 Å². The molecule has 2 heterocycles. The number of rotatable bonds is 6. The third kappa shape index (κ3) is 3.96. The number of aromatic nitrogens is 2. The SMILES string of the molecule is O=C(CSc1ncc(-c2ccccc2)n1C1CC1)NC1CCS(=O)(=O)C1. The molecule has 2 fully saturated rings. The van der Waals surface area contributed by atoms with Crippen molar-refractivity contribution in [1.82, 2.24) is 14.9 Å². The summed E-state index contributed by atoms with van der Waals surface area (Å²) in [4.78, 5) is 16.7. The number of hydrogen-bond donors (Lipinski definition) is 1. The van der Waals surface area contributed by atoms with Crippen LogP contribution in [0.5, 0.6) is 0 Å². The van der Waals surface area contributed by atoms with Gasteiger partial charge in [0.1, 0.15) is 0 Å². The van der Waals surface area contributed by atoms with Crippen LogP contribution in [-0.2, 0) is 14.6 Å². The molecular weight excluding hydrogens is 370 g/mol. The Kier molecular flexibility index (Phi) is 4.79. The maximum atomic E-state index is 12.2. The number of thioether (sulfide) groups is 1. The first kappa shape index (κ1) is 17.6. The van der Waals surface area contributed by atoms with Crippen molar-refractivity contribution in [3.63, 3.8) is 0 Å². The summed E-state index contributed by atoms with van der Waals surface area (Å²) in [5, 5.41) is 3.68. The minimum Gasteiger partial charge on any atom is -0.352 e. The smallest absolute Gasteiger partial charge is 0.230 e. The Balaban J connectivity index is 1.42. The van der Waals surface area contributed by atoms with E-state index in [1.165, 1.54) is 11.8 Å². The van der Waals surface area contributed by atoms with Crippen LogP contribution in [-0.4, -0.2) is 47.2 Å². The molecule has 0 radical (unpaired) electrons. The van der Waals surface area contributed by atoms with E-state index in [9.17, 15) is 13.2 Å². The first-order valence-electron chi connectivity index (χ1n) is 8.77. The standard InChI is InChI=1S/C18H21N3O3S2/c22-17(20-14-8-9-26(23,24)12-14)11-25-18-19-10-16(21(18)15-6-7-15)13-4-2-1-3-5-13/h1-5,10,14-15H,6-9,11-12H2,(H,20,22). The van der Waals surface area contributed by atoms with E-state index in [2.05, 4.69) is 27.0 Å². The van der Waals surface area contributed by atoms with E-state index in [-0.39, 0.29) is 29.2 Å². The van der Waals surface area contributed by atoms with Crippen LogP contribution in [0.15, 0.2) is 41.7 Å². The number of amides is 1. The minimum absolute atomic E-state index is 0.0538. The molecule has 8 heteroatoms. The number of sulfone groups is 1.